The number of carbonyl (C=O) groups excluding carboxylic acids is 2. The van der Waals surface area contributed by atoms with Crippen molar-refractivity contribution in [3.8, 4) is 0 Å². The van der Waals surface area contributed by atoms with Crippen molar-refractivity contribution in [2.45, 2.75) is 225 Å². The van der Waals surface area contributed by atoms with Gasteiger partial charge in [-0.05, 0) is 106 Å². The Hall–Kier alpha value is -2.89. The predicted octanol–water partition coefficient (Wildman–Crippen LogP) is -0.101. The first-order valence-corrected chi connectivity index (χ1v) is 28.6. The van der Waals surface area contributed by atoms with Gasteiger partial charge in [0.25, 0.3) is 0 Å². The van der Waals surface area contributed by atoms with E-state index in [1.807, 2.05) is 27.7 Å². The standard InChI is InChI=1S/C58H90O23/c1-11-25(3)30(63)19-28-47(81-49(74)26(4)12-2)58(24-62)29(20-53(28,5)6)27-13-14-34-54(7)17-16-35(55(8,23-61)33(54)15-18-56(34,9)57(27,10)45(70)46(58)71)77-52-44(80-51-40(68)38(66)36(64)31(21-59)75-51)42(41(69)43(79-52)48(72)73)78-50-39(67)37(65)32(22-60)76-50/h11-13,28-29,31-47,50-52,59-62,64-71H,14-24H2,1-10H3,(H,72,73)/b25-11-,26-12-/t28-,29?,31?,32+,33?,34?,35?,36-,37?,38-,39-,40?,41+,42-,43?,44?,45-,46+,47-,50-,51-,52+,54-,55+,56+,57-,58-/m0/s1. The number of aliphatic hydroxyl groups is 12. The summed E-state index contributed by atoms with van der Waals surface area (Å²) in [7, 11) is 0. The van der Waals surface area contributed by atoms with E-state index in [9.17, 15) is 80.8 Å². The molecular formula is C58H90O23. The molecule has 7 fully saturated rings. The van der Waals surface area contributed by atoms with E-state index in [0.717, 1.165) is 5.57 Å². The summed E-state index contributed by atoms with van der Waals surface area (Å²) in [6.45, 7) is 16.1. The number of carboxylic acids is 1. The Bertz CT molecular complexity index is 2410. The minimum atomic E-state index is -2.17. The van der Waals surface area contributed by atoms with Crippen LogP contribution >= 0.6 is 0 Å². The number of aliphatic carboxylic acids is 1. The van der Waals surface area contributed by atoms with Crippen molar-refractivity contribution in [1.29, 1.82) is 0 Å². The molecule has 3 aliphatic heterocycles. The Morgan fingerprint density at radius 2 is 1.25 bits per heavy atom. The molecule has 13 N–H and O–H groups in total. The van der Waals surface area contributed by atoms with Gasteiger partial charge >= 0.3 is 11.9 Å². The van der Waals surface area contributed by atoms with Crippen molar-refractivity contribution in [1.82, 2.24) is 0 Å². The van der Waals surface area contributed by atoms with Gasteiger partial charge in [-0.25, -0.2) is 9.59 Å². The molecule has 0 radical (unpaired) electrons. The zero-order valence-electron chi connectivity index (χ0n) is 48.1. The molecule has 0 aromatic rings. The molecule has 27 atom stereocenters. The third-order valence-corrected chi connectivity index (χ3v) is 22.1. The van der Waals surface area contributed by atoms with E-state index in [4.69, 9.17) is 33.2 Å². The van der Waals surface area contributed by atoms with Gasteiger partial charge < -0.3 is 99.5 Å². The van der Waals surface area contributed by atoms with Crippen LogP contribution in [0.25, 0.3) is 0 Å². The maximum Gasteiger partial charge on any atom is 0.335 e. The van der Waals surface area contributed by atoms with E-state index in [2.05, 4.69) is 19.9 Å². The Kier molecular flexibility index (Phi) is 18.5. The number of hydrogen-bond donors (Lipinski definition) is 13. The van der Waals surface area contributed by atoms with E-state index in [-0.39, 0.29) is 30.5 Å². The predicted molar refractivity (Wildman–Crippen MR) is 281 cm³/mol. The first-order chi connectivity index (χ1) is 37.9. The van der Waals surface area contributed by atoms with Crippen molar-refractivity contribution >= 4 is 17.7 Å². The van der Waals surface area contributed by atoms with Gasteiger partial charge in [-0.15, -0.1) is 0 Å². The quantitative estimate of drug-likeness (QED) is 0.0415. The number of carboxylic acid groups (broad SMARTS) is 1. The lowest BCUT2D eigenvalue weighted by molar-refractivity contribution is -0.387. The minimum absolute atomic E-state index is 0.0386. The van der Waals surface area contributed by atoms with Crippen LogP contribution in [0.4, 0.5) is 0 Å². The summed E-state index contributed by atoms with van der Waals surface area (Å²) in [6, 6.07) is 0. The van der Waals surface area contributed by atoms with Crippen LogP contribution in [0.2, 0.25) is 0 Å². The highest BCUT2D eigenvalue weighted by Crippen LogP contribution is 2.76. The molecule has 9 unspecified atom stereocenters. The van der Waals surface area contributed by atoms with E-state index >= 15 is 0 Å². The molecule has 8 aliphatic rings. The van der Waals surface area contributed by atoms with E-state index in [0.29, 0.717) is 43.3 Å². The molecule has 4 saturated carbocycles. The molecule has 0 bridgehead atoms. The number of aliphatic hydroxyl groups excluding tert-OH is 12. The fourth-order valence-corrected chi connectivity index (χ4v) is 16.7. The zero-order chi connectivity index (χ0) is 60.0. The van der Waals surface area contributed by atoms with Gasteiger partial charge in [-0.1, -0.05) is 65.3 Å². The number of ether oxygens (including phenoxy) is 7. The van der Waals surface area contributed by atoms with Crippen LogP contribution in [-0.2, 0) is 47.5 Å². The Morgan fingerprint density at radius 1 is 0.667 bits per heavy atom. The van der Waals surface area contributed by atoms with Crippen LogP contribution in [-0.4, -0.2) is 221 Å². The highest BCUT2D eigenvalue weighted by Gasteiger charge is 2.76. The van der Waals surface area contributed by atoms with E-state index < -0.39 is 193 Å². The summed E-state index contributed by atoms with van der Waals surface area (Å²) < 4.78 is 42.8. The van der Waals surface area contributed by atoms with Gasteiger partial charge in [0.15, 0.2) is 30.8 Å². The molecule has 5 aliphatic carbocycles. The monoisotopic (exact) mass is 1150 g/mol. The fraction of sp³-hybridized carbons (Fsp3) is 0.845. The number of allylic oxidation sites excluding steroid dienone is 4. The van der Waals surface area contributed by atoms with Gasteiger partial charge in [0, 0.05) is 28.7 Å². The molecule has 23 nitrogen and oxygen atoms in total. The summed E-state index contributed by atoms with van der Waals surface area (Å²) in [4.78, 5) is 40.6. The second-order valence-electron chi connectivity index (χ2n) is 26.3. The Labute approximate surface area is 472 Å². The number of esters is 1. The summed E-state index contributed by atoms with van der Waals surface area (Å²) in [5.41, 5.74) is -4.47. The number of rotatable bonds is 16. The second kappa shape index (κ2) is 23.4. The average molecular weight is 1160 g/mol. The van der Waals surface area contributed by atoms with Crippen molar-refractivity contribution < 1.29 is 114 Å². The smallest absolute Gasteiger partial charge is 0.335 e. The van der Waals surface area contributed by atoms with Gasteiger partial charge in [-0.3, -0.25) is 4.79 Å². The normalized spacial score (nSPS) is 49.8. The number of hydrogen-bond acceptors (Lipinski definition) is 22. The van der Waals surface area contributed by atoms with Crippen molar-refractivity contribution in [2.24, 2.45) is 56.2 Å². The van der Waals surface area contributed by atoms with Crippen LogP contribution in [0.5, 0.6) is 0 Å². The Balaban J connectivity index is 1.15. The first-order valence-electron chi connectivity index (χ1n) is 28.6. The summed E-state index contributed by atoms with van der Waals surface area (Å²) >= 11 is 0. The molecule has 0 aromatic carbocycles. The van der Waals surface area contributed by atoms with Crippen LogP contribution < -0.4 is 0 Å². The lowest BCUT2D eigenvalue weighted by Gasteiger charge is -2.73. The minimum Gasteiger partial charge on any atom is -0.479 e. The number of Topliss-reactive ketones (excluding diaryl/α,β-unsaturated/α-hetero) is 1. The molecule has 81 heavy (non-hydrogen) atoms. The van der Waals surface area contributed by atoms with Crippen molar-refractivity contribution in [2.75, 3.05) is 26.4 Å². The molecule has 0 aromatic heterocycles. The third kappa shape index (κ3) is 10.0. The van der Waals surface area contributed by atoms with Gasteiger partial charge in [-0.2, -0.15) is 0 Å². The van der Waals surface area contributed by atoms with Crippen LogP contribution in [0, 0.1) is 56.2 Å². The molecular weight excluding hydrogens is 1060 g/mol. The molecule has 8 rings (SSSR count). The van der Waals surface area contributed by atoms with Crippen LogP contribution in [0.15, 0.2) is 34.9 Å². The molecule has 0 spiro atoms. The van der Waals surface area contributed by atoms with Crippen molar-refractivity contribution in [3.05, 3.63) is 34.9 Å². The number of ketones is 1. The van der Waals surface area contributed by atoms with E-state index in [1.54, 1.807) is 39.8 Å². The van der Waals surface area contributed by atoms with Crippen LogP contribution in [0.3, 0.4) is 0 Å². The second-order valence-corrected chi connectivity index (χ2v) is 26.3. The summed E-state index contributed by atoms with van der Waals surface area (Å²) in [5.74, 6) is -4.45. The topological polar surface area (TPSA) is 379 Å². The van der Waals surface area contributed by atoms with Gasteiger partial charge in [0.05, 0.1) is 50.2 Å². The van der Waals surface area contributed by atoms with E-state index in [1.165, 1.54) is 0 Å². The lowest BCUT2D eigenvalue weighted by atomic mass is 9.32. The summed E-state index contributed by atoms with van der Waals surface area (Å²) in [6.07, 6.45) is -23.7. The van der Waals surface area contributed by atoms with Crippen LogP contribution in [0.1, 0.15) is 114 Å². The third-order valence-electron chi connectivity index (χ3n) is 22.1. The molecule has 3 heterocycles. The highest BCUT2D eigenvalue weighted by atomic mass is 16.8. The van der Waals surface area contributed by atoms with Crippen molar-refractivity contribution in [3.63, 3.8) is 0 Å². The SMILES string of the molecule is C/C=C(/C)C(=O)C[C@H]1[C@H](OC(=O)/C(C)=C\C)[C@@]2(CO)C(CC1(C)C)C1=CCC3[C@@]4(C)CCC(O[C@@H]5OC(C(=O)O)[C@H](O)[C@H](O[C@@H]6O[C@H](CO)C(O)[C@@H]6O)C5O[C@@H]5OC(CO)[C@H](O)[C@H](O)C5O)[C@](C)(CO)C4CC[C@@]3(C)[C@]1(C)[C@@H](O)[C@H]2O. The molecule has 0 amide bonds. The number of carbonyl (C=O) groups is 3. The molecule has 460 valence electrons. The fourth-order valence-electron chi connectivity index (χ4n) is 16.7. The largest absolute Gasteiger partial charge is 0.479 e. The average Bonchev–Trinajstić information content (AvgIpc) is 1.99. The number of fused-ring (bicyclic) bond motifs is 7. The Morgan fingerprint density at radius 3 is 1.80 bits per heavy atom. The zero-order valence-corrected chi connectivity index (χ0v) is 48.1. The molecule has 23 heteroatoms. The van der Waals surface area contributed by atoms with Gasteiger partial charge in [0.2, 0.25) is 0 Å². The maximum atomic E-state index is 13.9. The first kappa shape index (κ1) is 64.1. The lowest BCUT2D eigenvalue weighted by Crippen LogP contribution is -2.75. The summed E-state index contributed by atoms with van der Waals surface area (Å²) in [5, 5.41) is 146. The molecule has 3 saturated heterocycles. The highest BCUT2D eigenvalue weighted by molar-refractivity contribution is 5.95. The maximum absolute atomic E-state index is 13.9. The van der Waals surface area contributed by atoms with Gasteiger partial charge in [0.1, 0.15) is 67.1 Å².